The van der Waals surface area contributed by atoms with E-state index in [1.807, 2.05) is 36.4 Å². The van der Waals surface area contributed by atoms with Crippen molar-refractivity contribution in [3.63, 3.8) is 0 Å². The molecule has 2 N–H and O–H groups in total. The second kappa shape index (κ2) is 8.46. The predicted octanol–water partition coefficient (Wildman–Crippen LogP) is 2.65. The lowest BCUT2D eigenvalue weighted by molar-refractivity contribution is 0.240. The average molecular weight is 297 g/mol. The number of para-hydroxylation sites is 1. The summed E-state index contributed by atoms with van der Waals surface area (Å²) in [6.45, 7) is 4.92. The van der Waals surface area contributed by atoms with Gasteiger partial charge in [-0.25, -0.2) is 4.79 Å². The number of nitrogens with one attached hydrogen (secondary N) is 2. The van der Waals surface area contributed by atoms with Crippen LogP contribution in [0, 0.1) is 0 Å². The van der Waals surface area contributed by atoms with Crippen molar-refractivity contribution < 1.29 is 9.53 Å². The van der Waals surface area contributed by atoms with Gasteiger partial charge >= 0.3 is 6.03 Å². The minimum atomic E-state index is -0.227. The molecule has 0 saturated heterocycles. The zero-order valence-electron chi connectivity index (χ0n) is 12.3. The SMILES string of the molecule is C=CCOc1ccccc1CNC(=O)NCc1ccncc1. The Morgan fingerprint density at radius 3 is 2.64 bits per heavy atom. The first-order valence-electron chi connectivity index (χ1n) is 7.02. The third-order valence-corrected chi connectivity index (χ3v) is 2.97. The summed E-state index contributed by atoms with van der Waals surface area (Å²) >= 11 is 0. The second-order valence-electron chi connectivity index (χ2n) is 4.60. The van der Waals surface area contributed by atoms with Crippen molar-refractivity contribution in [1.82, 2.24) is 15.6 Å². The van der Waals surface area contributed by atoms with Gasteiger partial charge < -0.3 is 15.4 Å². The molecule has 2 rings (SSSR count). The number of ether oxygens (including phenoxy) is 1. The summed E-state index contributed by atoms with van der Waals surface area (Å²) < 4.78 is 5.55. The number of amides is 2. The Bertz CT molecular complexity index is 614. The summed E-state index contributed by atoms with van der Waals surface area (Å²) in [6, 6.07) is 11.1. The Labute approximate surface area is 130 Å². The number of nitrogens with zero attached hydrogens (tertiary/aromatic N) is 1. The molecule has 2 aromatic rings. The first-order chi connectivity index (χ1) is 10.8. The highest BCUT2D eigenvalue weighted by molar-refractivity contribution is 5.73. The van der Waals surface area contributed by atoms with Crippen LogP contribution in [0.4, 0.5) is 4.79 Å². The van der Waals surface area contributed by atoms with Crippen LogP contribution in [0.25, 0.3) is 0 Å². The molecule has 0 atom stereocenters. The van der Waals surface area contributed by atoms with Gasteiger partial charge in [-0.3, -0.25) is 4.98 Å². The monoisotopic (exact) mass is 297 g/mol. The molecule has 0 aliphatic heterocycles. The van der Waals surface area contributed by atoms with Gasteiger partial charge in [0.1, 0.15) is 12.4 Å². The highest BCUT2D eigenvalue weighted by Crippen LogP contribution is 2.17. The zero-order valence-corrected chi connectivity index (χ0v) is 12.3. The summed E-state index contributed by atoms with van der Waals surface area (Å²) in [5.41, 5.74) is 1.92. The quantitative estimate of drug-likeness (QED) is 0.772. The lowest BCUT2D eigenvalue weighted by Gasteiger charge is -2.11. The van der Waals surface area contributed by atoms with Crippen LogP contribution in [-0.2, 0) is 13.1 Å². The highest BCUT2D eigenvalue weighted by Gasteiger charge is 2.05. The van der Waals surface area contributed by atoms with Gasteiger partial charge in [-0.15, -0.1) is 0 Å². The Morgan fingerprint density at radius 2 is 1.86 bits per heavy atom. The van der Waals surface area contributed by atoms with Crippen LogP contribution in [0.1, 0.15) is 11.1 Å². The van der Waals surface area contributed by atoms with Gasteiger partial charge in [0.25, 0.3) is 0 Å². The summed E-state index contributed by atoms with van der Waals surface area (Å²) in [4.78, 5) is 15.8. The maximum atomic E-state index is 11.8. The first-order valence-corrected chi connectivity index (χ1v) is 7.02. The van der Waals surface area contributed by atoms with E-state index in [4.69, 9.17) is 4.74 Å². The molecular formula is C17H19N3O2. The van der Waals surface area contributed by atoms with Crippen molar-refractivity contribution in [2.24, 2.45) is 0 Å². The van der Waals surface area contributed by atoms with Gasteiger partial charge in [0, 0.05) is 31.0 Å². The van der Waals surface area contributed by atoms with E-state index in [1.165, 1.54) is 0 Å². The van der Waals surface area contributed by atoms with E-state index in [-0.39, 0.29) is 6.03 Å². The largest absolute Gasteiger partial charge is 0.489 e. The molecule has 1 aromatic heterocycles. The molecule has 0 aliphatic carbocycles. The van der Waals surface area contributed by atoms with E-state index in [9.17, 15) is 4.79 Å². The Kier molecular flexibility index (Phi) is 5.99. The van der Waals surface area contributed by atoms with E-state index in [0.29, 0.717) is 19.7 Å². The van der Waals surface area contributed by atoms with E-state index in [2.05, 4.69) is 22.2 Å². The normalized spacial score (nSPS) is 9.82. The van der Waals surface area contributed by atoms with Gasteiger partial charge in [0.05, 0.1) is 0 Å². The molecule has 5 heteroatoms. The number of carbonyl (C=O) groups excluding carboxylic acids is 1. The van der Waals surface area contributed by atoms with E-state index >= 15 is 0 Å². The fourth-order valence-electron chi connectivity index (χ4n) is 1.86. The van der Waals surface area contributed by atoms with Crippen LogP contribution in [0.3, 0.4) is 0 Å². The van der Waals surface area contributed by atoms with Crippen LogP contribution < -0.4 is 15.4 Å². The molecule has 0 bridgehead atoms. The summed E-state index contributed by atoms with van der Waals surface area (Å²) in [6.07, 6.45) is 5.08. The molecule has 0 fully saturated rings. The molecule has 5 nitrogen and oxygen atoms in total. The van der Waals surface area contributed by atoms with Crippen LogP contribution in [0.2, 0.25) is 0 Å². The van der Waals surface area contributed by atoms with Gasteiger partial charge in [-0.1, -0.05) is 30.9 Å². The van der Waals surface area contributed by atoms with Gasteiger partial charge in [-0.05, 0) is 23.8 Å². The Morgan fingerprint density at radius 1 is 1.14 bits per heavy atom. The van der Waals surface area contributed by atoms with E-state index in [0.717, 1.165) is 16.9 Å². The number of pyridine rings is 1. The van der Waals surface area contributed by atoms with Gasteiger partial charge in [-0.2, -0.15) is 0 Å². The number of hydrogen-bond donors (Lipinski definition) is 2. The van der Waals surface area contributed by atoms with Gasteiger partial charge in [0.2, 0.25) is 0 Å². The fourth-order valence-corrected chi connectivity index (χ4v) is 1.86. The number of aromatic nitrogens is 1. The maximum absolute atomic E-state index is 11.8. The number of benzene rings is 1. The molecule has 22 heavy (non-hydrogen) atoms. The molecule has 1 aromatic carbocycles. The fraction of sp³-hybridized carbons (Fsp3) is 0.176. The number of hydrogen-bond acceptors (Lipinski definition) is 3. The molecule has 0 saturated carbocycles. The summed E-state index contributed by atoms with van der Waals surface area (Å²) in [7, 11) is 0. The molecule has 0 radical (unpaired) electrons. The Balaban J connectivity index is 1.82. The minimum absolute atomic E-state index is 0.227. The number of urea groups is 1. The molecule has 0 unspecified atom stereocenters. The standard InChI is InChI=1S/C17H19N3O2/c1-2-11-22-16-6-4-3-5-15(16)13-20-17(21)19-12-14-7-9-18-10-8-14/h2-10H,1,11-13H2,(H2,19,20,21). The third kappa shape index (κ3) is 4.94. The average Bonchev–Trinajstić information content (AvgIpc) is 2.58. The van der Waals surface area contributed by atoms with Crippen LogP contribution in [0.15, 0.2) is 61.4 Å². The molecule has 114 valence electrons. The first kappa shape index (κ1) is 15.6. The topological polar surface area (TPSA) is 63.2 Å². The maximum Gasteiger partial charge on any atom is 0.315 e. The lowest BCUT2D eigenvalue weighted by Crippen LogP contribution is -2.34. The smallest absolute Gasteiger partial charge is 0.315 e. The molecular weight excluding hydrogens is 278 g/mol. The number of carbonyl (C=O) groups is 1. The Hall–Kier alpha value is -2.82. The molecule has 0 aliphatic rings. The summed E-state index contributed by atoms with van der Waals surface area (Å²) in [5.74, 6) is 0.747. The zero-order chi connectivity index (χ0) is 15.6. The van der Waals surface area contributed by atoms with E-state index < -0.39 is 0 Å². The third-order valence-electron chi connectivity index (χ3n) is 2.97. The summed E-state index contributed by atoms with van der Waals surface area (Å²) in [5, 5.41) is 5.61. The molecule has 2 amide bonds. The second-order valence-corrected chi connectivity index (χ2v) is 4.60. The van der Waals surface area contributed by atoms with Crippen molar-refractivity contribution in [2.45, 2.75) is 13.1 Å². The van der Waals surface area contributed by atoms with Crippen LogP contribution >= 0.6 is 0 Å². The lowest BCUT2D eigenvalue weighted by atomic mass is 10.2. The number of rotatable bonds is 7. The minimum Gasteiger partial charge on any atom is -0.489 e. The van der Waals surface area contributed by atoms with Crippen molar-refractivity contribution in [2.75, 3.05) is 6.61 Å². The van der Waals surface area contributed by atoms with Crippen LogP contribution in [0.5, 0.6) is 5.75 Å². The van der Waals surface area contributed by atoms with Crippen molar-refractivity contribution >= 4 is 6.03 Å². The van der Waals surface area contributed by atoms with Crippen LogP contribution in [-0.4, -0.2) is 17.6 Å². The predicted molar refractivity (Wildman–Crippen MR) is 85.4 cm³/mol. The van der Waals surface area contributed by atoms with Crippen molar-refractivity contribution in [3.05, 3.63) is 72.6 Å². The van der Waals surface area contributed by atoms with Gasteiger partial charge in [0.15, 0.2) is 0 Å². The van der Waals surface area contributed by atoms with E-state index in [1.54, 1.807) is 18.5 Å². The van der Waals surface area contributed by atoms with Crippen molar-refractivity contribution in [1.29, 1.82) is 0 Å². The molecule has 1 heterocycles. The van der Waals surface area contributed by atoms with Crippen molar-refractivity contribution in [3.8, 4) is 5.75 Å². The highest BCUT2D eigenvalue weighted by atomic mass is 16.5. The molecule has 0 spiro atoms.